The molecular formula is C17H24N2O. The van der Waals surface area contributed by atoms with Crippen LogP contribution in [0.15, 0.2) is 24.3 Å². The zero-order valence-electron chi connectivity index (χ0n) is 12.2. The SMILES string of the molecule is CN(CC1CC2CCC1C2)C(=O)Cc1cccc(N)c1. The molecule has 0 aliphatic heterocycles. The normalized spacial score (nSPS) is 27.8. The fourth-order valence-electron chi connectivity index (χ4n) is 4.07. The van der Waals surface area contributed by atoms with E-state index in [1.165, 1.54) is 25.7 Å². The van der Waals surface area contributed by atoms with Crippen molar-refractivity contribution in [2.24, 2.45) is 17.8 Å². The molecule has 2 fully saturated rings. The van der Waals surface area contributed by atoms with Crippen molar-refractivity contribution in [3.8, 4) is 0 Å². The Morgan fingerprint density at radius 1 is 1.35 bits per heavy atom. The number of nitrogens with zero attached hydrogens (tertiary/aromatic N) is 1. The van der Waals surface area contributed by atoms with E-state index in [0.717, 1.165) is 35.5 Å². The Kier molecular flexibility index (Phi) is 3.68. The number of hydrogen-bond donors (Lipinski definition) is 1. The van der Waals surface area contributed by atoms with E-state index in [0.29, 0.717) is 6.42 Å². The van der Waals surface area contributed by atoms with Gasteiger partial charge in [0.25, 0.3) is 0 Å². The lowest BCUT2D eigenvalue weighted by Gasteiger charge is -2.27. The van der Waals surface area contributed by atoms with Gasteiger partial charge < -0.3 is 10.6 Å². The molecule has 108 valence electrons. The van der Waals surface area contributed by atoms with Crippen LogP contribution in [0.25, 0.3) is 0 Å². The van der Waals surface area contributed by atoms with Gasteiger partial charge in [-0.05, 0) is 54.7 Å². The lowest BCUT2D eigenvalue weighted by Crippen LogP contribution is -2.34. The number of amides is 1. The molecule has 2 aliphatic rings. The number of hydrogen-bond acceptors (Lipinski definition) is 2. The van der Waals surface area contributed by atoms with Crippen molar-refractivity contribution >= 4 is 11.6 Å². The standard InChI is InChI=1S/C17H24N2O/c1-19(11-15-8-13-5-6-14(15)7-13)17(20)10-12-3-2-4-16(18)9-12/h2-4,9,13-15H,5-8,10-11,18H2,1H3. The van der Waals surface area contributed by atoms with E-state index in [-0.39, 0.29) is 5.91 Å². The van der Waals surface area contributed by atoms with Gasteiger partial charge in [0.1, 0.15) is 0 Å². The molecule has 3 atom stereocenters. The Bertz CT molecular complexity index is 500. The summed E-state index contributed by atoms with van der Waals surface area (Å²) in [6.45, 7) is 0.933. The molecule has 0 spiro atoms. The predicted molar refractivity (Wildman–Crippen MR) is 81.1 cm³/mol. The molecule has 1 amide bonds. The number of likely N-dealkylation sites (N-methyl/N-ethyl adjacent to an activating group) is 1. The third kappa shape index (κ3) is 2.82. The van der Waals surface area contributed by atoms with Crippen LogP contribution in [0, 0.1) is 17.8 Å². The molecule has 0 aromatic heterocycles. The number of nitrogen functional groups attached to an aromatic ring is 1. The van der Waals surface area contributed by atoms with Crippen molar-refractivity contribution in [3.63, 3.8) is 0 Å². The first kappa shape index (κ1) is 13.5. The molecule has 2 N–H and O–H groups in total. The minimum Gasteiger partial charge on any atom is -0.399 e. The maximum Gasteiger partial charge on any atom is 0.226 e. The Hall–Kier alpha value is -1.51. The van der Waals surface area contributed by atoms with E-state index in [4.69, 9.17) is 5.73 Å². The third-order valence-electron chi connectivity index (χ3n) is 5.13. The molecule has 3 unspecified atom stereocenters. The minimum atomic E-state index is 0.207. The first-order valence-electron chi connectivity index (χ1n) is 7.70. The van der Waals surface area contributed by atoms with E-state index in [1.807, 2.05) is 36.2 Å². The van der Waals surface area contributed by atoms with Gasteiger partial charge >= 0.3 is 0 Å². The van der Waals surface area contributed by atoms with Crippen LogP contribution in [0.5, 0.6) is 0 Å². The molecule has 0 heterocycles. The molecule has 2 saturated carbocycles. The average Bonchev–Trinajstić information content (AvgIpc) is 3.01. The van der Waals surface area contributed by atoms with Crippen molar-refractivity contribution in [1.29, 1.82) is 0 Å². The van der Waals surface area contributed by atoms with Crippen LogP contribution < -0.4 is 5.73 Å². The van der Waals surface area contributed by atoms with Crippen LogP contribution in [0.1, 0.15) is 31.2 Å². The number of nitrogens with two attached hydrogens (primary N) is 1. The Morgan fingerprint density at radius 3 is 2.85 bits per heavy atom. The summed E-state index contributed by atoms with van der Waals surface area (Å²) in [5, 5.41) is 0. The Balaban J connectivity index is 1.54. The molecule has 20 heavy (non-hydrogen) atoms. The van der Waals surface area contributed by atoms with E-state index in [2.05, 4.69) is 0 Å². The molecule has 0 saturated heterocycles. The lowest BCUT2D eigenvalue weighted by atomic mass is 9.88. The third-order valence-corrected chi connectivity index (χ3v) is 5.13. The van der Waals surface area contributed by atoms with Crippen LogP contribution in [0.3, 0.4) is 0 Å². The smallest absolute Gasteiger partial charge is 0.226 e. The van der Waals surface area contributed by atoms with Crippen LogP contribution in [0.2, 0.25) is 0 Å². The molecule has 1 aromatic carbocycles. The largest absolute Gasteiger partial charge is 0.399 e. The van der Waals surface area contributed by atoms with E-state index in [1.54, 1.807) is 0 Å². The van der Waals surface area contributed by atoms with Gasteiger partial charge in [0.2, 0.25) is 5.91 Å². The zero-order chi connectivity index (χ0) is 14.1. The highest BCUT2D eigenvalue weighted by Crippen LogP contribution is 2.48. The number of rotatable bonds is 4. The number of carbonyl (C=O) groups excluding carboxylic acids is 1. The van der Waals surface area contributed by atoms with Crippen LogP contribution in [-0.4, -0.2) is 24.4 Å². The number of benzene rings is 1. The van der Waals surface area contributed by atoms with Gasteiger partial charge in [-0.2, -0.15) is 0 Å². The van der Waals surface area contributed by atoms with Gasteiger partial charge in [0, 0.05) is 19.3 Å². The molecule has 1 aromatic rings. The molecule has 3 heteroatoms. The van der Waals surface area contributed by atoms with Gasteiger partial charge in [0.05, 0.1) is 6.42 Å². The van der Waals surface area contributed by atoms with E-state index >= 15 is 0 Å². The highest BCUT2D eigenvalue weighted by molar-refractivity contribution is 5.78. The average molecular weight is 272 g/mol. The quantitative estimate of drug-likeness (QED) is 0.857. The molecule has 3 rings (SSSR count). The molecule has 3 nitrogen and oxygen atoms in total. The minimum absolute atomic E-state index is 0.207. The maximum atomic E-state index is 12.3. The highest BCUT2D eigenvalue weighted by atomic mass is 16.2. The van der Waals surface area contributed by atoms with Gasteiger partial charge in [-0.1, -0.05) is 18.6 Å². The summed E-state index contributed by atoms with van der Waals surface area (Å²) in [7, 11) is 1.95. The highest BCUT2D eigenvalue weighted by Gasteiger charge is 2.39. The molecule has 2 aliphatic carbocycles. The molecule has 2 bridgehead atoms. The second kappa shape index (κ2) is 5.47. The zero-order valence-corrected chi connectivity index (χ0v) is 12.2. The maximum absolute atomic E-state index is 12.3. The van der Waals surface area contributed by atoms with E-state index in [9.17, 15) is 4.79 Å². The molecule has 0 radical (unpaired) electrons. The molecular weight excluding hydrogens is 248 g/mol. The van der Waals surface area contributed by atoms with Gasteiger partial charge in [-0.15, -0.1) is 0 Å². The fourth-order valence-corrected chi connectivity index (χ4v) is 4.07. The summed E-state index contributed by atoms with van der Waals surface area (Å²) in [5.74, 6) is 2.77. The van der Waals surface area contributed by atoms with Crippen molar-refractivity contribution in [3.05, 3.63) is 29.8 Å². The van der Waals surface area contributed by atoms with Gasteiger partial charge in [-0.3, -0.25) is 4.79 Å². The summed E-state index contributed by atoms with van der Waals surface area (Å²) in [6, 6.07) is 7.63. The van der Waals surface area contributed by atoms with Crippen molar-refractivity contribution in [2.75, 3.05) is 19.3 Å². The summed E-state index contributed by atoms with van der Waals surface area (Å²) >= 11 is 0. The monoisotopic (exact) mass is 272 g/mol. The van der Waals surface area contributed by atoms with Crippen molar-refractivity contribution in [1.82, 2.24) is 4.90 Å². The summed E-state index contributed by atoms with van der Waals surface area (Å²) in [6.07, 6.45) is 6.00. The van der Waals surface area contributed by atoms with Crippen LogP contribution in [-0.2, 0) is 11.2 Å². The number of carbonyl (C=O) groups is 1. The second-order valence-corrected chi connectivity index (χ2v) is 6.63. The van der Waals surface area contributed by atoms with Crippen LogP contribution >= 0.6 is 0 Å². The summed E-state index contributed by atoms with van der Waals surface area (Å²) in [5.41, 5.74) is 7.50. The first-order valence-corrected chi connectivity index (χ1v) is 7.70. The number of anilines is 1. The Labute approximate surface area is 121 Å². The van der Waals surface area contributed by atoms with Gasteiger partial charge in [-0.25, -0.2) is 0 Å². The topological polar surface area (TPSA) is 46.3 Å². The van der Waals surface area contributed by atoms with E-state index < -0.39 is 0 Å². The van der Waals surface area contributed by atoms with Crippen LogP contribution in [0.4, 0.5) is 5.69 Å². The number of fused-ring (bicyclic) bond motifs is 2. The van der Waals surface area contributed by atoms with Gasteiger partial charge in [0.15, 0.2) is 0 Å². The second-order valence-electron chi connectivity index (χ2n) is 6.63. The Morgan fingerprint density at radius 2 is 2.20 bits per heavy atom. The summed E-state index contributed by atoms with van der Waals surface area (Å²) in [4.78, 5) is 14.2. The predicted octanol–water partition coefficient (Wildman–Crippen LogP) is 2.71. The summed E-state index contributed by atoms with van der Waals surface area (Å²) < 4.78 is 0. The van der Waals surface area contributed by atoms with Crippen molar-refractivity contribution in [2.45, 2.75) is 32.1 Å². The fraction of sp³-hybridized carbons (Fsp3) is 0.588. The van der Waals surface area contributed by atoms with Crippen molar-refractivity contribution < 1.29 is 4.79 Å². The first-order chi connectivity index (χ1) is 9.61. The lowest BCUT2D eigenvalue weighted by molar-refractivity contribution is -0.129.